The number of aromatic nitrogens is 2. The van der Waals surface area contributed by atoms with Crippen molar-refractivity contribution >= 4 is 0 Å². The Balaban J connectivity index is 1.53. The molecule has 0 amide bonds. The molecule has 1 N–H and O–H groups in total. The van der Waals surface area contributed by atoms with Crippen LogP contribution in [0.4, 0.5) is 4.39 Å². The van der Waals surface area contributed by atoms with Crippen LogP contribution in [-0.2, 0) is 13.2 Å². The lowest BCUT2D eigenvalue weighted by Crippen LogP contribution is -2.06. The Hall–Kier alpha value is -3.80. The van der Waals surface area contributed by atoms with Crippen LogP contribution in [0.25, 0.3) is 11.3 Å². The van der Waals surface area contributed by atoms with Gasteiger partial charge in [-0.15, -0.1) is 5.10 Å². The Morgan fingerprint density at radius 3 is 2.44 bits per heavy atom. The van der Waals surface area contributed by atoms with Gasteiger partial charge in [-0.25, -0.2) is 4.39 Å². The molecule has 5 nitrogen and oxygen atoms in total. The number of ether oxygens (including phenoxy) is 3. The van der Waals surface area contributed by atoms with E-state index in [1.165, 1.54) is 6.07 Å². The molecule has 0 saturated carbocycles. The summed E-state index contributed by atoms with van der Waals surface area (Å²) >= 11 is 0. The minimum atomic E-state index is -0.306. The Kier molecular flexibility index (Phi) is 6.70. The summed E-state index contributed by atoms with van der Waals surface area (Å²) in [6, 6.07) is 23.9. The molecule has 0 unspecified atom stereocenters. The van der Waals surface area contributed by atoms with Crippen molar-refractivity contribution in [3.8, 4) is 28.6 Å². The maximum absolute atomic E-state index is 13.8. The molecule has 0 radical (unpaired) electrons. The van der Waals surface area contributed by atoms with Crippen LogP contribution in [0.3, 0.4) is 0 Å². The molecule has 164 valence electrons. The molecule has 3 aromatic carbocycles. The van der Waals surface area contributed by atoms with Crippen molar-refractivity contribution in [1.29, 1.82) is 0 Å². The summed E-state index contributed by atoms with van der Waals surface area (Å²) in [6.45, 7) is 4.50. The SMILES string of the molecule is CC(C)Oc1ccc(OCc2ccccc2)cc1-c1cc(OCc2ccccc2F)n[nH]1. The van der Waals surface area contributed by atoms with E-state index in [0.717, 1.165) is 11.1 Å². The van der Waals surface area contributed by atoms with Crippen molar-refractivity contribution in [2.45, 2.75) is 33.2 Å². The van der Waals surface area contributed by atoms with Gasteiger partial charge in [0.05, 0.1) is 11.8 Å². The smallest absolute Gasteiger partial charge is 0.233 e. The van der Waals surface area contributed by atoms with Crippen LogP contribution in [0, 0.1) is 5.82 Å². The van der Waals surface area contributed by atoms with E-state index in [4.69, 9.17) is 14.2 Å². The van der Waals surface area contributed by atoms with Crippen LogP contribution in [0.1, 0.15) is 25.0 Å². The van der Waals surface area contributed by atoms with Crippen LogP contribution in [-0.4, -0.2) is 16.3 Å². The number of nitrogens with zero attached hydrogens (tertiary/aromatic N) is 1. The Labute approximate surface area is 186 Å². The third-order valence-corrected chi connectivity index (χ3v) is 4.74. The molecular weight excluding hydrogens is 407 g/mol. The van der Waals surface area contributed by atoms with Gasteiger partial charge < -0.3 is 14.2 Å². The first-order chi connectivity index (χ1) is 15.6. The van der Waals surface area contributed by atoms with E-state index < -0.39 is 0 Å². The van der Waals surface area contributed by atoms with Crippen LogP contribution < -0.4 is 14.2 Å². The molecule has 1 heterocycles. The van der Waals surface area contributed by atoms with Gasteiger partial charge >= 0.3 is 0 Å². The van der Waals surface area contributed by atoms with E-state index in [1.54, 1.807) is 24.3 Å². The molecule has 0 aliphatic carbocycles. The fourth-order valence-electron chi connectivity index (χ4n) is 3.19. The van der Waals surface area contributed by atoms with Crippen molar-refractivity contribution in [2.75, 3.05) is 0 Å². The largest absolute Gasteiger partial charge is 0.490 e. The predicted octanol–water partition coefficient (Wildman–Crippen LogP) is 6.16. The van der Waals surface area contributed by atoms with Gasteiger partial charge in [-0.2, -0.15) is 0 Å². The number of benzene rings is 3. The number of hydrogen-bond donors (Lipinski definition) is 1. The summed E-state index contributed by atoms with van der Waals surface area (Å²) in [7, 11) is 0. The van der Waals surface area contributed by atoms with Crippen molar-refractivity contribution in [3.05, 3.63) is 95.8 Å². The van der Waals surface area contributed by atoms with E-state index in [0.29, 0.717) is 35.2 Å². The first-order valence-corrected chi connectivity index (χ1v) is 10.5. The second-order valence-corrected chi connectivity index (χ2v) is 7.60. The highest BCUT2D eigenvalue weighted by Crippen LogP contribution is 2.35. The number of H-pyrrole nitrogens is 1. The van der Waals surface area contributed by atoms with E-state index in [1.807, 2.05) is 62.4 Å². The molecule has 1 aromatic heterocycles. The van der Waals surface area contributed by atoms with E-state index in [-0.39, 0.29) is 18.5 Å². The third-order valence-electron chi connectivity index (χ3n) is 4.74. The Morgan fingerprint density at radius 1 is 0.875 bits per heavy atom. The molecule has 0 atom stereocenters. The minimum Gasteiger partial charge on any atom is -0.490 e. The fraction of sp³-hybridized carbons (Fsp3) is 0.192. The standard InChI is InChI=1S/C26H25FN2O3/c1-18(2)32-25-13-12-21(30-16-19-8-4-3-5-9-19)14-22(25)24-15-26(29-28-24)31-17-20-10-6-7-11-23(20)27/h3-15,18H,16-17H2,1-2H3,(H,28,29). The summed E-state index contributed by atoms with van der Waals surface area (Å²) in [5.74, 6) is 1.48. The molecule has 0 spiro atoms. The lowest BCUT2D eigenvalue weighted by Gasteiger charge is -2.15. The molecule has 0 bridgehead atoms. The summed E-state index contributed by atoms with van der Waals surface area (Å²) < 4.78 is 31.5. The van der Waals surface area contributed by atoms with Crippen LogP contribution in [0.2, 0.25) is 0 Å². The molecule has 0 aliphatic rings. The summed E-state index contributed by atoms with van der Waals surface area (Å²) in [6.07, 6.45) is 0.00420. The maximum atomic E-state index is 13.8. The normalized spacial score (nSPS) is 10.9. The minimum absolute atomic E-state index is 0.00420. The first-order valence-electron chi connectivity index (χ1n) is 10.5. The highest BCUT2D eigenvalue weighted by Gasteiger charge is 2.14. The van der Waals surface area contributed by atoms with E-state index >= 15 is 0 Å². The van der Waals surface area contributed by atoms with Gasteiger partial charge in [0, 0.05) is 17.2 Å². The summed E-state index contributed by atoms with van der Waals surface area (Å²) in [5, 5.41) is 7.20. The van der Waals surface area contributed by atoms with Gasteiger partial charge in [0.1, 0.15) is 30.5 Å². The molecule has 0 aliphatic heterocycles. The number of hydrogen-bond acceptors (Lipinski definition) is 4. The average molecular weight is 432 g/mol. The zero-order valence-electron chi connectivity index (χ0n) is 18.0. The third kappa shape index (κ3) is 5.46. The van der Waals surface area contributed by atoms with Crippen molar-refractivity contribution < 1.29 is 18.6 Å². The Morgan fingerprint density at radius 2 is 1.66 bits per heavy atom. The second kappa shape index (κ2) is 10.0. The molecule has 32 heavy (non-hydrogen) atoms. The lowest BCUT2D eigenvalue weighted by atomic mass is 10.1. The van der Waals surface area contributed by atoms with Gasteiger partial charge in [-0.05, 0) is 43.7 Å². The number of halogens is 1. The highest BCUT2D eigenvalue weighted by molar-refractivity contribution is 5.69. The summed E-state index contributed by atoms with van der Waals surface area (Å²) in [4.78, 5) is 0. The summed E-state index contributed by atoms with van der Waals surface area (Å²) in [5.41, 5.74) is 3.07. The fourth-order valence-corrected chi connectivity index (χ4v) is 3.19. The molecule has 4 rings (SSSR count). The molecule has 0 fully saturated rings. The van der Waals surface area contributed by atoms with Gasteiger partial charge in [0.15, 0.2) is 0 Å². The topological polar surface area (TPSA) is 56.4 Å². The van der Waals surface area contributed by atoms with Gasteiger partial charge in [0.2, 0.25) is 5.88 Å². The van der Waals surface area contributed by atoms with Crippen molar-refractivity contribution in [3.63, 3.8) is 0 Å². The molecule has 6 heteroatoms. The van der Waals surface area contributed by atoms with Crippen molar-refractivity contribution in [1.82, 2.24) is 10.2 Å². The molecular formula is C26H25FN2O3. The predicted molar refractivity (Wildman–Crippen MR) is 121 cm³/mol. The lowest BCUT2D eigenvalue weighted by molar-refractivity contribution is 0.242. The van der Waals surface area contributed by atoms with E-state index in [9.17, 15) is 4.39 Å². The first kappa shape index (κ1) is 21.4. The number of rotatable bonds is 9. The zero-order chi connectivity index (χ0) is 22.3. The highest BCUT2D eigenvalue weighted by atomic mass is 19.1. The van der Waals surface area contributed by atoms with Gasteiger partial charge in [-0.3, -0.25) is 5.10 Å². The second-order valence-electron chi connectivity index (χ2n) is 7.60. The van der Waals surface area contributed by atoms with E-state index in [2.05, 4.69) is 10.2 Å². The molecule has 0 saturated heterocycles. The molecule has 4 aromatic rings. The van der Waals surface area contributed by atoms with Crippen LogP contribution in [0.15, 0.2) is 78.9 Å². The monoisotopic (exact) mass is 432 g/mol. The number of aromatic amines is 1. The average Bonchev–Trinajstić information content (AvgIpc) is 3.27. The zero-order valence-corrected chi connectivity index (χ0v) is 18.0. The van der Waals surface area contributed by atoms with Gasteiger partial charge in [-0.1, -0.05) is 48.5 Å². The Bertz CT molecular complexity index is 1160. The van der Waals surface area contributed by atoms with Gasteiger partial charge in [0.25, 0.3) is 0 Å². The number of nitrogens with one attached hydrogen (secondary N) is 1. The van der Waals surface area contributed by atoms with Crippen molar-refractivity contribution in [2.24, 2.45) is 0 Å². The van der Waals surface area contributed by atoms with Crippen LogP contribution in [0.5, 0.6) is 17.4 Å². The quantitative estimate of drug-likeness (QED) is 0.344. The maximum Gasteiger partial charge on any atom is 0.233 e. The van der Waals surface area contributed by atoms with Crippen LogP contribution >= 0.6 is 0 Å².